The molecule has 74 valence electrons. The van der Waals surface area contributed by atoms with E-state index in [1.165, 1.54) is 10.9 Å². The van der Waals surface area contributed by atoms with Gasteiger partial charge in [0.25, 0.3) is 0 Å². The number of para-hydroxylation sites is 1. The fourth-order valence-electron chi connectivity index (χ4n) is 1.95. The Labute approximate surface area is 84.7 Å². The van der Waals surface area contributed by atoms with Crippen LogP contribution in [0.1, 0.15) is 38.0 Å². The van der Waals surface area contributed by atoms with Crippen molar-refractivity contribution in [2.75, 3.05) is 0 Å². The lowest BCUT2D eigenvalue weighted by atomic mass is 10.0. The number of rotatable bonds is 2. The normalized spacial score (nSPS) is 11.4. The SMILES string of the molecule is CCc1c(C(C)C)oc2ccccc12. The molecule has 2 rings (SSSR count). The van der Waals surface area contributed by atoms with Gasteiger partial charge in [0, 0.05) is 16.9 Å². The average molecular weight is 188 g/mol. The lowest BCUT2D eigenvalue weighted by Crippen LogP contribution is -1.89. The zero-order valence-corrected chi connectivity index (χ0v) is 9.00. The van der Waals surface area contributed by atoms with Crippen LogP contribution in [0.3, 0.4) is 0 Å². The van der Waals surface area contributed by atoms with Gasteiger partial charge in [0.15, 0.2) is 0 Å². The molecule has 1 aromatic carbocycles. The molecule has 14 heavy (non-hydrogen) atoms. The van der Waals surface area contributed by atoms with Gasteiger partial charge in [-0.3, -0.25) is 0 Å². The Balaban J connectivity index is 2.72. The first kappa shape index (κ1) is 9.32. The highest BCUT2D eigenvalue weighted by Gasteiger charge is 2.14. The van der Waals surface area contributed by atoms with Crippen LogP contribution < -0.4 is 0 Å². The summed E-state index contributed by atoms with van der Waals surface area (Å²) in [6.45, 7) is 6.54. The van der Waals surface area contributed by atoms with Crippen molar-refractivity contribution in [3.63, 3.8) is 0 Å². The van der Waals surface area contributed by atoms with Crippen LogP contribution in [0.25, 0.3) is 11.0 Å². The monoisotopic (exact) mass is 188 g/mol. The molecular weight excluding hydrogens is 172 g/mol. The summed E-state index contributed by atoms with van der Waals surface area (Å²) < 4.78 is 5.85. The van der Waals surface area contributed by atoms with Gasteiger partial charge in [-0.25, -0.2) is 0 Å². The van der Waals surface area contributed by atoms with Crippen LogP contribution in [0.2, 0.25) is 0 Å². The molecule has 1 heteroatoms. The van der Waals surface area contributed by atoms with Crippen molar-refractivity contribution in [2.24, 2.45) is 0 Å². The van der Waals surface area contributed by atoms with Crippen molar-refractivity contribution in [1.29, 1.82) is 0 Å². The van der Waals surface area contributed by atoms with Gasteiger partial charge in [-0.2, -0.15) is 0 Å². The van der Waals surface area contributed by atoms with Gasteiger partial charge < -0.3 is 4.42 Å². The molecule has 0 bridgehead atoms. The molecule has 0 radical (unpaired) electrons. The van der Waals surface area contributed by atoms with Crippen molar-refractivity contribution < 1.29 is 4.42 Å². The van der Waals surface area contributed by atoms with Crippen LogP contribution in [0.15, 0.2) is 28.7 Å². The lowest BCUT2D eigenvalue weighted by Gasteiger charge is -2.02. The predicted molar refractivity (Wildman–Crippen MR) is 59.7 cm³/mol. The van der Waals surface area contributed by atoms with E-state index >= 15 is 0 Å². The largest absolute Gasteiger partial charge is 0.461 e. The molecule has 0 N–H and O–H groups in total. The summed E-state index contributed by atoms with van der Waals surface area (Å²) in [5.41, 5.74) is 2.39. The predicted octanol–water partition coefficient (Wildman–Crippen LogP) is 4.12. The molecule has 0 saturated heterocycles. The second-order valence-electron chi connectivity index (χ2n) is 3.95. The Kier molecular flexibility index (Phi) is 2.32. The van der Waals surface area contributed by atoms with Gasteiger partial charge in [0.2, 0.25) is 0 Å². The quantitative estimate of drug-likeness (QED) is 0.691. The molecule has 0 amide bonds. The van der Waals surface area contributed by atoms with Crippen molar-refractivity contribution in [3.8, 4) is 0 Å². The standard InChI is InChI=1S/C13H16O/c1-4-10-11-7-5-6-8-12(11)14-13(10)9(2)3/h5-9H,4H2,1-3H3. The second kappa shape index (κ2) is 3.49. The minimum Gasteiger partial charge on any atom is -0.461 e. The first-order valence-electron chi connectivity index (χ1n) is 5.24. The van der Waals surface area contributed by atoms with Crippen LogP contribution in [0, 0.1) is 0 Å². The van der Waals surface area contributed by atoms with Crippen molar-refractivity contribution in [1.82, 2.24) is 0 Å². The molecule has 1 aromatic heterocycles. The third-order valence-corrected chi connectivity index (χ3v) is 2.61. The summed E-state index contributed by atoms with van der Waals surface area (Å²) in [5.74, 6) is 1.62. The highest BCUT2D eigenvalue weighted by molar-refractivity contribution is 5.82. The van der Waals surface area contributed by atoms with Gasteiger partial charge in [0.05, 0.1) is 0 Å². The molecule has 0 aliphatic heterocycles. The van der Waals surface area contributed by atoms with Gasteiger partial charge in [-0.15, -0.1) is 0 Å². The minimum absolute atomic E-state index is 0.470. The fraction of sp³-hybridized carbons (Fsp3) is 0.385. The highest BCUT2D eigenvalue weighted by Crippen LogP contribution is 2.30. The van der Waals surface area contributed by atoms with Gasteiger partial charge in [-0.05, 0) is 12.5 Å². The van der Waals surface area contributed by atoms with E-state index in [9.17, 15) is 0 Å². The van der Waals surface area contributed by atoms with E-state index in [1.807, 2.05) is 12.1 Å². The van der Waals surface area contributed by atoms with E-state index in [1.54, 1.807) is 0 Å². The zero-order chi connectivity index (χ0) is 10.1. The molecule has 0 fully saturated rings. The number of hydrogen-bond acceptors (Lipinski definition) is 1. The van der Waals surface area contributed by atoms with E-state index in [4.69, 9.17) is 4.42 Å². The van der Waals surface area contributed by atoms with Crippen LogP contribution >= 0.6 is 0 Å². The minimum atomic E-state index is 0.470. The Morgan fingerprint density at radius 2 is 1.93 bits per heavy atom. The Hall–Kier alpha value is -1.24. The van der Waals surface area contributed by atoms with Crippen molar-refractivity contribution >= 4 is 11.0 Å². The molecule has 0 atom stereocenters. The number of furan rings is 1. The molecule has 0 aliphatic carbocycles. The lowest BCUT2D eigenvalue weighted by molar-refractivity contribution is 0.515. The maximum atomic E-state index is 5.85. The third-order valence-electron chi connectivity index (χ3n) is 2.61. The van der Waals surface area contributed by atoms with E-state index in [0.29, 0.717) is 5.92 Å². The summed E-state index contributed by atoms with van der Waals surface area (Å²) in [4.78, 5) is 0. The number of benzene rings is 1. The third kappa shape index (κ3) is 1.33. The first-order chi connectivity index (χ1) is 6.74. The molecule has 0 spiro atoms. The van der Waals surface area contributed by atoms with E-state index in [2.05, 4.69) is 32.9 Å². The first-order valence-corrected chi connectivity index (χ1v) is 5.24. The van der Waals surface area contributed by atoms with Crippen LogP contribution in [0.5, 0.6) is 0 Å². The highest BCUT2D eigenvalue weighted by atomic mass is 16.3. The summed E-state index contributed by atoms with van der Waals surface area (Å²) in [6.07, 6.45) is 1.05. The topological polar surface area (TPSA) is 13.1 Å². The van der Waals surface area contributed by atoms with Gasteiger partial charge in [-0.1, -0.05) is 39.0 Å². The fourth-order valence-corrected chi connectivity index (χ4v) is 1.95. The molecular formula is C13H16O. The maximum absolute atomic E-state index is 5.85. The van der Waals surface area contributed by atoms with Gasteiger partial charge >= 0.3 is 0 Å². The molecule has 0 aliphatic rings. The van der Waals surface area contributed by atoms with E-state index in [0.717, 1.165) is 17.8 Å². The molecule has 1 heterocycles. The summed E-state index contributed by atoms with van der Waals surface area (Å²) >= 11 is 0. The summed E-state index contributed by atoms with van der Waals surface area (Å²) in [7, 11) is 0. The second-order valence-corrected chi connectivity index (χ2v) is 3.95. The molecule has 1 nitrogen and oxygen atoms in total. The van der Waals surface area contributed by atoms with Crippen LogP contribution in [-0.2, 0) is 6.42 Å². The smallest absolute Gasteiger partial charge is 0.134 e. The molecule has 0 unspecified atom stereocenters. The Bertz CT molecular complexity index is 437. The number of fused-ring (bicyclic) bond motifs is 1. The molecule has 2 aromatic rings. The van der Waals surface area contributed by atoms with Crippen LogP contribution in [-0.4, -0.2) is 0 Å². The Morgan fingerprint density at radius 1 is 1.21 bits per heavy atom. The van der Waals surface area contributed by atoms with E-state index in [-0.39, 0.29) is 0 Å². The summed E-state index contributed by atoms with van der Waals surface area (Å²) in [5, 5.41) is 1.28. The summed E-state index contributed by atoms with van der Waals surface area (Å²) in [6, 6.07) is 8.28. The maximum Gasteiger partial charge on any atom is 0.134 e. The van der Waals surface area contributed by atoms with Crippen LogP contribution in [0.4, 0.5) is 0 Å². The number of hydrogen-bond donors (Lipinski definition) is 0. The number of aryl methyl sites for hydroxylation is 1. The average Bonchev–Trinajstić information content (AvgIpc) is 2.56. The van der Waals surface area contributed by atoms with Crippen molar-refractivity contribution in [2.45, 2.75) is 33.1 Å². The molecule has 0 saturated carbocycles. The zero-order valence-electron chi connectivity index (χ0n) is 9.00. The Morgan fingerprint density at radius 3 is 2.57 bits per heavy atom. The van der Waals surface area contributed by atoms with E-state index < -0.39 is 0 Å². The van der Waals surface area contributed by atoms with Crippen molar-refractivity contribution in [3.05, 3.63) is 35.6 Å². The van der Waals surface area contributed by atoms with Gasteiger partial charge in [0.1, 0.15) is 11.3 Å².